The van der Waals surface area contributed by atoms with Crippen LogP contribution in [0.25, 0.3) is 10.9 Å². The topological polar surface area (TPSA) is 69.3 Å². The van der Waals surface area contributed by atoms with Crippen molar-refractivity contribution in [3.63, 3.8) is 0 Å². The molecule has 0 bridgehead atoms. The summed E-state index contributed by atoms with van der Waals surface area (Å²) >= 11 is 0. The SMILES string of the molecule is O=C(C1CC12CCC2)N1CCN(Cc2nc3ccccc3c(=O)[nH]2)CC1. The third-order valence-electron chi connectivity index (χ3n) is 6.56. The first kappa shape index (κ1) is 16.0. The van der Waals surface area contributed by atoms with Crippen LogP contribution in [0, 0.1) is 11.3 Å². The molecule has 6 heteroatoms. The van der Waals surface area contributed by atoms with E-state index in [1.54, 1.807) is 6.07 Å². The zero-order valence-corrected chi connectivity index (χ0v) is 14.9. The monoisotopic (exact) mass is 352 g/mol. The van der Waals surface area contributed by atoms with Gasteiger partial charge in [-0.1, -0.05) is 18.6 Å². The quantitative estimate of drug-likeness (QED) is 0.914. The van der Waals surface area contributed by atoms with Gasteiger partial charge in [0.2, 0.25) is 5.91 Å². The fourth-order valence-corrected chi connectivity index (χ4v) is 4.65. The number of aromatic amines is 1. The number of carbonyl (C=O) groups excluding carboxylic acids is 1. The molecule has 3 fully saturated rings. The van der Waals surface area contributed by atoms with Gasteiger partial charge in [-0.25, -0.2) is 4.98 Å². The summed E-state index contributed by atoms with van der Waals surface area (Å²) in [5.41, 5.74) is 1.06. The van der Waals surface area contributed by atoms with E-state index in [0.29, 0.717) is 35.0 Å². The Morgan fingerprint density at radius 3 is 2.65 bits per heavy atom. The number of piperazine rings is 1. The van der Waals surface area contributed by atoms with Crippen LogP contribution < -0.4 is 5.56 Å². The molecule has 2 aromatic rings. The van der Waals surface area contributed by atoms with Crippen LogP contribution in [0.4, 0.5) is 0 Å². The lowest BCUT2D eigenvalue weighted by molar-refractivity contribution is -0.135. The Hall–Kier alpha value is -2.21. The Bertz CT molecular complexity index is 909. The van der Waals surface area contributed by atoms with E-state index in [1.165, 1.54) is 19.3 Å². The lowest BCUT2D eigenvalue weighted by atomic mass is 9.79. The highest BCUT2D eigenvalue weighted by molar-refractivity contribution is 5.83. The Morgan fingerprint density at radius 1 is 1.19 bits per heavy atom. The Morgan fingerprint density at radius 2 is 1.96 bits per heavy atom. The van der Waals surface area contributed by atoms with Crippen LogP contribution in [0.5, 0.6) is 0 Å². The minimum absolute atomic E-state index is 0.0843. The van der Waals surface area contributed by atoms with Gasteiger partial charge >= 0.3 is 0 Å². The molecule has 1 atom stereocenters. The standard InChI is InChI=1S/C20H24N4O2/c25-18-14-4-1-2-5-16(14)21-17(22-18)13-23-8-10-24(11-9-23)19(26)15-12-20(15)6-3-7-20/h1-2,4-5,15H,3,6-13H2,(H,21,22,25). The maximum Gasteiger partial charge on any atom is 0.258 e. The van der Waals surface area contributed by atoms with Crippen LogP contribution >= 0.6 is 0 Å². The maximum atomic E-state index is 12.7. The Kier molecular flexibility index (Phi) is 3.64. The zero-order chi connectivity index (χ0) is 17.7. The molecular weight excluding hydrogens is 328 g/mol. The molecule has 2 aliphatic carbocycles. The number of benzene rings is 1. The van der Waals surface area contributed by atoms with Gasteiger partial charge in [0.05, 0.1) is 17.4 Å². The smallest absolute Gasteiger partial charge is 0.258 e. The van der Waals surface area contributed by atoms with Crippen molar-refractivity contribution in [2.24, 2.45) is 11.3 Å². The van der Waals surface area contributed by atoms with Crippen molar-refractivity contribution in [2.75, 3.05) is 26.2 Å². The minimum atomic E-state index is -0.0843. The summed E-state index contributed by atoms with van der Waals surface area (Å²) in [7, 11) is 0. The van der Waals surface area contributed by atoms with Gasteiger partial charge in [0.1, 0.15) is 5.82 Å². The number of H-pyrrole nitrogens is 1. The first-order valence-electron chi connectivity index (χ1n) is 9.64. The lowest BCUT2D eigenvalue weighted by Crippen LogP contribution is -2.49. The largest absolute Gasteiger partial charge is 0.340 e. The van der Waals surface area contributed by atoms with Crippen molar-refractivity contribution in [1.82, 2.24) is 19.8 Å². The van der Waals surface area contributed by atoms with Gasteiger partial charge in [-0.3, -0.25) is 14.5 Å². The number of fused-ring (bicyclic) bond motifs is 1. The van der Waals surface area contributed by atoms with Crippen molar-refractivity contribution in [1.29, 1.82) is 0 Å². The van der Waals surface area contributed by atoms with Crippen LogP contribution in [0.1, 0.15) is 31.5 Å². The Balaban J connectivity index is 1.21. The van der Waals surface area contributed by atoms with E-state index in [9.17, 15) is 9.59 Å². The summed E-state index contributed by atoms with van der Waals surface area (Å²) in [5.74, 6) is 1.38. The van der Waals surface area contributed by atoms with Crippen molar-refractivity contribution in [3.05, 3.63) is 40.4 Å². The van der Waals surface area contributed by atoms with E-state index < -0.39 is 0 Å². The third kappa shape index (κ3) is 2.63. The number of hydrogen-bond acceptors (Lipinski definition) is 4. The van der Waals surface area contributed by atoms with Crippen LogP contribution in [0.2, 0.25) is 0 Å². The predicted octanol–water partition coefficient (Wildman–Crippen LogP) is 1.76. The summed E-state index contributed by atoms with van der Waals surface area (Å²) in [6.45, 7) is 3.85. The molecule has 0 radical (unpaired) electrons. The van der Waals surface area contributed by atoms with Gasteiger partial charge in [-0.05, 0) is 36.8 Å². The summed E-state index contributed by atoms with van der Waals surface area (Å²) in [6, 6.07) is 7.41. The van der Waals surface area contributed by atoms with E-state index in [-0.39, 0.29) is 5.56 Å². The third-order valence-corrected chi connectivity index (χ3v) is 6.56. The highest BCUT2D eigenvalue weighted by Crippen LogP contribution is 2.65. The molecule has 1 amide bonds. The molecule has 5 rings (SSSR count). The average molecular weight is 352 g/mol. The molecular formula is C20H24N4O2. The summed E-state index contributed by atoms with van der Waals surface area (Å²) in [6.07, 6.45) is 4.93. The normalized spacial score (nSPS) is 24.6. The molecule has 1 aliphatic heterocycles. The van der Waals surface area contributed by atoms with Crippen molar-refractivity contribution < 1.29 is 4.79 Å². The van der Waals surface area contributed by atoms with Crippen LogP contribution in [-0.2, 0) is 11.3 Å². The zero-order valence-electron chi connectivity index (χ0n) is 14.9. The number of nitrogens with one attached hydrogen (secondary N) is 1. The van der Waals surface area contributed by atoms with Gasteiger partial charge in [0, 0.05) is 32.1 Å². The number of nitrogens with zero attached hydrogens (tertiary/aromatic N) is 3. The molecule has 26 heavy (non-hydrogen) atoms. The second-order valence-corrected chi connectivity index (χ2v) is 8.10. The van der Waals surface area contributed by atoms with Gasteiger partial charge in [0.15, 0.2) is 0 Å². The van der Waals surface area contributed by atoms with Crippen LogP contribution in [-0.4, -0.2) is 51.9 Å². The van der Waals surface area contributed by atoms with E-state index in [4.69, 9.17) is 0 Å². The van der Waals surface area contributed by atoms with E-state index in [1.807, 2.05) is 23.1 Å². The summed E-state index contributed by atoms with van der Waals surface area (Å²) in [4.78, 5) is 36.7. The van der Waals surface area contributed by atoms with Gasteiger partial charge in [-0.15, -0.1) is 0 Å². The molecule has 136 valence electrons. The number of amides is 1. The second kappa shape index (κ2) is 5.91. The lowest BCUT2D eigenvalue weighted by Gasteiger charge is -2.35. The van der Waals surface area contributed by atoms with Crippen molar-refractivity contribution >= 4 is 16.8 Å². The molecule has 3 aliphatic rings. The molecule has 1 aromatic heterocycles. The average Bonchev–Trinajstić information content (AvgIpc) is 3.38. The van der Waals surface area contributed by atoms with Gasteiger partial charge in [0.25, 0.3) is 5.56 Å². The summed E-state index contributed by atoms with van der Waals surface area (Å²) in [5, 5.41) is 0.626. The molecule has 2 heterocycles. The number of aromatic nitrogens is 2. The number of para-hydroxylation sites is 1. The molecule has 1 saturated heterocycles. The highest BCUT2D eigenvalue weighted by atomic mass is 16.2. The van der Waals surface area contributed by atoms with Crippen LogP contribution in [0.15, 0.2) is 29.1 Å². The van der Waals surface area contributed by atoms with Crippen LogP contribution in [0.3, 0.4) is 0 Å². The van der Waals surface area contributed by atoms with E-state index in [0.717, 1.165) is 38.1 Å². The fourth-order valence-electron chi connectivity index (χ4n) is 4.65. The number of rotatable bonds is 3. The number of carbonyl (C=O) groups is 1. The van der Waals surface area contributed by atoms with Gasteiger partial charge < -0.3 is 9.88 Å². The van der Waals surface area contributed by atoms with Gasteiger partial charge in [-0.2, -0.15) is 0 Å². The molecule has 2 saturated carbocycles. The fraction of sp³-hybridized carbons (Fsp3) is 0.550. The molecule has 1 aromatic carbocycles. The van der Waals surface area contributed by atoms with E-state index >= 15 is 0 Å². The number of hydrogen-bond donors (Lipinski definition) is 1. The van der Waals surface area contributed by atoms with Crippen molar-refractivity contribution in [2.45, 2.75) is 32.2 Å². The molecule has 1 N–H and O–H groups in total. The molecule has 1 spiro atoms. The second-order valence-electron chi connectivity index (χ2n) is 8.10. The van der Waals surface area contributed by atoms with Crippen molar-refractivity contribution in [3.8, 4) is 0 Å². The minimum Gasteiger partial charge on any atom is -0.340 e. The Labute approximate surface area is 152 Å². The van der Waals surface area contributed by atoms with E-state index in [2.05, 4.69) is 14.9 Å². The first-order chi connectivity index (χ1) is 12.6. The molecule has 1 unspecified atom stereocenters. The maximum absolute atomic E-state index is 12.7. The predicted molar refractivity (Wildman–Crippen MR) is 98.6 cm³/mol. The molecule has 6 nitrogen and oxygen atoms in total. The summed E-state index contributed by atoms with van der Waals surface area (Å²) < 4.78 is 0. The highest BCUT2D eigenvalue weighted by Gasteiger charge is 2.61. The first-order valence-corrected chi connectivity index (χ1v) is 9.64.